The van der Waals surface area contributed by atoms with E-state index < -0.39 is 5.97 Å². The normalized spacial score (nSPS) is 10.2. The Labute approximate surface area is 144 Å². The summed E-state index contributed by atoms with van der Waals surface area (Å²) in [6.07, 6.45) is 0. The fourth-order valence-electron chi connectivity index (χ4n) is 2.13. The summed E-state index contributed by atoms with van der Waals surface area (Å²) in [7, 11) is 0. The zero-order valence-corrected chi connectivity index (χ0v) is 13.3. The van der Waals surface area contributed by atoms with E-state index in [0.29, 0.717) is 23.7 Å². The van der Waals surface area contributed by atoms with Gasteiger partial charge in [0.15, 0.2) is 0 Å². The summed E-state index contributed by atoms with van der Waals surface area (Å²) >= 11 is 0. The lowest BCUT2D eigenvalue weighted by Crippen LogP contribution is -2.08. The van der Waals surface area contributed by atoms with Gasteiger partial charge >= 0.3 is 5.97 Å². The molecule has 0 amide bonds. The van der Waals surface area contributed by atoms with Crippen molar-refractivity contribution in [2.45, 2.75) is 6.61 Å². The first-order valence-corrected chi connectivity index (χ1v) is 7.62. The van der Waals surface area contributed by atoms with Gasteiger partial charge in [0, 0.05) is 0 Å². The number of aromatic hydroxyl groups is 2. The second kappa shape index (κ2) is 7.40. The van der Waals surface area contributed by atoms with Crippen LogP contribution in [0.4, 0.5) is 0 Å². The standard InChI is InChI=1S/C20H16O5/c21-16-5-3-15(4-6-16)20(23)25-19-9-1-14(2-10-19)13-24-18-11-7-17(22)8-12-18/h1-12,21-22H,13H2. The summed E-state index contributed by atoms with van der Waals surface area (Å²) in [5, 5.41) is 18.5. The number of hydrogen-bond donors (Lipinski definition) is 2. The van der Waals surface area contributed by atoms with Crippen LogP contribution in [-0.2, 0) is 6.61 Å². The molecule has 0 spiro atoms. The topological polar surface area (TPSA) is 76.0 Å². The molecule has 5 nitrogen and oxygen atoms in total. The first kappa shape index (κ1) is 16.4. The van der Waals surface area contributed by atoms with Crippen LogP contribution in [-0.4, -0.2) is 16.2 Å². The van der Waals surface area contributed by atoms with E-state index in [4.69, 9.17) is 9.47 Å². The lowest BCUT2D eigenvalue weighted by atomic mass is 10.2. The van der Waals surface area contributed by atoms with E-state index in [9.17, 15) is 15.0 Å². The molecule has 0 radical (unpaired) electrons. The van der Waals surface area contributed by atoms with Gasteiger partial charge in [-0.1, -0.05) is 12.1 Å². The molecule has 3 aromatic rings. The number of hydrogen-bond acceptors (Lipinski definition) is 5. The summed E-state index contributed by atoms with van der Waals surface area (Å²) in [6, 6.07) is 19.3. The second-order valence-electron chi connectivity index (χ2n) is 5.36. The molecule has 0 fully saturated rings. The summed E-state index contributed by atoms with van der Waals surface area (Å²) in [5.41, 5.74) is 1.27. The highest BCUT2D eigenvalue weighted by atomic mass is 16.5. The molecule has 3 rings (SSSR count). The van der Waals surface area contributed by atoms with Crippen molar-refractivity contribution in [1.82, 2.24) is 0 Å². The minimum atomic E-state index is -0.493. The maximum absolute atomic E-state index is 12.0. The van der Waals surface area contributed by atoms with Crippen molar-refractivity contribution >= 4 is 5.97 Å². The Morgan fingerprint density at radius 2 is 1.24 bits per heavy atom. The van der Waals surface area contributed by atoms with Gasteiger partial charge in [0.2, 0.25) is 0 Å². The van der Waals surface area contributed by atoms with E-state index in [-0.39, 0.29) is 11.5 Å². The van der Waals surface area contributed by atoms with Crippen LogP contribution >= 0.6 is 0 Å². The first-order valence-electron chi connectivity index (χ1n) is 7.62. The molecular formula is C20H16O5. The Hall–Kier alpha value is -3.47. The molecule has 0 aromatic heterocycles. The Kier molecular flexibility index (Phi) is 4.85. The lowest BCUT2D eigenvalue weighted by molar-refractivity contribution is 0.0734. The zero-order valence-electron chi connectivity index (χ0n) is 13.3. The number of phenolic OH excluding ortho intramolecular Hbond substituents is 2. The third-order valence-corrected chi connectivity index (χ3v) is 3.48. The minimum Gasteiger partial charge on any atom is -0.508 e. The number of benzene rings is 3. The number of phenols is 2. The summed E-state index contributed by atoms with van der Waals surface area (Å²) in [5.74, 6) is 0.863. The number of esters is 1. The molecule has 0 aliphatic rings. The van der Waals surface area contributed by atoms with Crippen molar-refractivity contribution in [1.29, 1.82) is 0 Å². The van der Waals surface area contributed by atoms with Crippen LogP contribution in [0.3, 0.4) is 0 Å². The van der Waals surface area contributed by atoms with Gasteiger partial charge in [-0.25, -0.2) is 4.79 Å². The molecule has 0 bridgehead atoms. The molecule has 126 valence electrons. The molecule has 0 aliphatic carbocycles. The largest absolute Gasteiger partial charge is 0.508 e. The van der Waals surface area contributed by atoms with Gasteiger partial charge in [0.1, 0.15) is 29.6 Å². The first-order chi connectivity index (χ1) is 12.1. The lowest BCUT2D eigenvalue weighted by Gasteiger charge is -2.08. The van der Waals surface area contributed by atoms with Crippen molar-refractivity contribution in [3.63, 3.8) is 0 Å². The highest BCUT2D eigenvalue weighted by molar-refractivity contribution is 5.91. The highest BCUT2D eigenvalue weighted by Gasteiger charge is 2.08. The van der Waals surface area contributed by atoms with E-state index in [1.807, 2.05) is 0 Å². The number of carbonyl (C=O) groups excluding carboxylic acids is 1. The fourth-order valence-corrected chi connectivity index (χ4v) is 2.13. The molecule has 0 atom stereocenters. The smallest absolute Gasteiger partial charge is 0.343 e. The summed E-state index contributed by atoms with van der Waals surface area (Å²) in [4.78, 5) is 12.0. The summed E-state index contributed by atoms with van der Waals surface area (Å²) in [6.45, 7) is 0.358. The summed E-state index contributed by atoms with van der Waals surface area (Å²) < 4.78 is 10.9. The van der Waals surface area contributed by atoms with Crippen LogP contribution < -0.4 is 9.47 Å². The molecule has 5 heteroatoms. The van der Waals surface area contributed by atoms with E-state index in [1.165, 1.54) is 24.3 Å². The van der Waals surface area contributed by atoms with Crippen molar-refractivity contribution in [3.8, 4) is 23.0 Å². The molecule has 2 N–H and O–H groups in total. The molecule has 0 heterocycles. The highest BCUT2D eigenvalue weighted by Crippen LogP contribution is 2.19. The minimum absolute atomic E-state index is 0.0922. The number of ether oxygens (including phenoxy) is 2. The van der Waals surface area contributed by atoms with Gasteiger partial charge in [0.05, 0.1) is 5.56 Å². The predicted octanol–water partition coefficient (Wildman–Crippen LogP) is 3.90. The van der Waals surface area contributed by atoms with E-state index in [0.717, 1.165) is 5.56 Å². The Balaban J connectivity index is 1.57. The van der Waals surface area contributed by atoms with Crippen LogP contribution in [0.5, 0.6) is 23.0 Å². The van der Waals surface area contributed by atoms with Crippen molar-refractivity contribution in [3.05, 3.63) is 83.9 Å². The van der Waals surface area contributed by atoms with E-state index >= 15 is 0 Å². The van der Waals surface area contributed by atoms with Crippen molar-refractivity contribution < 1.29 is 24.5 Å². The maximum Gasteiger partial charge on any atom is 0.343 e. The molecule has 0 aliphatic heterocycles. The van der Waals surface area contributed by atoms with Gasteiger partial charge in [-0.3, -0.25) is 0 Å². The Bertz CT molecular complexity index is 837. The second-order valence-corrected chi connectivity index (χ2v) is 5.36. The maximum atomic E-state index is 12.0. The average Bonchev–Trinajstić information content (AvgIpc) is 2.63. The van der Waals surface area contributed by atoms with Crippen molar-refractivity contribution in [2.24, 2.45) is 0 Å². The van der Waals surface area contributed by atoms with Crippen LogP contribution in [0.25, 0.3) is 0 Å². The fraction of sp³-hybridized carbons (Fsp3) is 0.0500. The molecule has 0 saturated heterocycles. The van der Waals surface area contributed by atoms with Gasteiger partial charge < -0.3 is 19.7 Å². The van der Waals surface area contributed by atoms with E-state index in [2.05, 4.69) is 0 Å². The molecule has 25 heavy (non-hydrogen) atoms. The van der Waals surface area contributed by atoms with Crippen LogP contribution in [0, 0.1) is 0 Å². The molecule has 0 unspecified atom stereocenters. The van der Waals surface area contributed by atoms with Crippen LogP contribution in [0.2, 0.25) is 0 Å². The number of rotatable bonds is 5. The molecular weight excluding hydrogens is 320 g/mol. The Morgan fingerprint density at radius 1 is 0.720 bits per heavy atom. The van der Waals surface area contributed by atoms with Crippen molar-refractivity contribution in [2.75, 3.05) is 0 Å². The van der Waals surface area contributed by atoms with Crippen LogP contribution in [0.1, 0.15) is 15.9 Å². The van der Waals surface area contributed by atoms with Crippen LogP contribution in [0.15, 0.2) is 72.8 Å². The van der Waals surface area contributed by atoms with E-state index in [1.54, 1.807) is 48.5 Å². The van der Waals surface area contributed by atoms with Gasteiger partial charge in [-0.2, -0.15) is 0 Å². The van der Waals surface area contributed by atoms with Gasteiger partial charge in [-0.15, -0.1) is 0 Å². The van der Waals surface area contributed by atoms with Gasteiger partial charge in [0.25, 0.3) is 0 Å². The average molecular weight is 336 g/mol. The van der Waals surface area contributed by atoms with Gasteiger partial charge in [-0.05, 0) is 66.2 Å². The quantitative estimate of drug-likeness (QED) is 0.546. The number of carbonyl (C=O) groups is 1. The predicted molar refractivity (Wildman–Crippen MR) is 91.9 cm³/mol. The third-order valence-electron chi connectivity index (χ3n) is 3.48. The monoisotopic (exact) mass is 336 g/mol. The zero-order chi connectivity index (χ0) is 17.6. The molecule has 3 aromatic carbocycles. The SMILES string of the molecule is O=C(Oc1ccc(COc2ccc(O)cc2)cc1)c1ccc(O)cc1. The Morgan fingerprint density at radius 3 is 1.84 bits per heavy atom. The molecule has 0 saturated carbocycles. The third kappa shape index (κ3) is 4.51.